The molecular formula is C21H19N7O2. The number of anilines is 2. The second-order valence-electron chi connectivity index (χ2n) is 6.23. The van der Waals surface area contributed by atoms with Crippen LogP contribution >= 0.6 is 0 Å². The average molecular weight is 401 g/mol. The van der Waals surface area contributed by atoms with Crippen LogP contribution in [0.4, 0.5) is 11.5 Å². The Morgan fingerprint density at radius 3 is 2.73 bits per heavy atom. The highest BCUT2D eigenvalue weighted by Gasteiger charge is 2.15. The molecule has 0 aliphatic heterocycles. The maximum Gasteiger partial charge on any atom is 0.255 e. The number of nitrogens with zero attached hydrogens (tertiary/aromatic N) is 5. The molecule has 9 nitrogen and oxygen atoms in total. The number of para-hydroxylation sites is 2. The summed E-state index contributed by atoms with van der Waals surface area (Å²) in [4.78, 5) is 25.5. The molecular weight excluding hydrogens is 382 g/mol. The van der Waals surface area contributed by atoms with Gasteiger partial charge >= 0.3 is 0 Å². The zero-order chi connectivity index (χ0) is 20.8. The third-order valence-corrected chi connectivity index (χ3v) is 4.36. The Kier molecular flexibility index (Phi) is 5.61. The number of methoxy groups -OCH3 is 1. The van der Waals surface area contributed by atoms with Gasteiger partial charge in [0.25, 0.3) is 5.91 Å². The Labute approximate surface area is 172 Å². The van der Waals surface area contributed by atoms with E-state index in [1.54, 1.807) is 48.7 Å². The van der Waals surface area contributed by atoms with E-state index in [0.29, 0.717) is 28.6 Å². The van der Waals surface area contributed by atoms with Crippen LogP contribution in [-0.4, -0.2) is 37.7 Å². The lowest BCUT2D eigenvalue weighted by Gasteiger charge is -2.14. The number of aromatic nitrogens is 5. The number of pyridine rings is 2. The second-order valence-corrected chi connectivity index (χ2v) is 6.23. The number of benzene rings is 1. The van der Waals surface area contributed by atoms with Crippen LogP contribution in [0, 0.1) is 0 Å². The van der Waals surface area contributed by atoms with Gasteiger partial charge in [-0.3, -0.25) is 4.79 Å². The number of hydrogen-bond acceptors (Lipinski definition) is 7. The third kappa shape index (κ3) is 4.09. The number of nitrogens with one attached hydrogen (secondary N) is 2. The molecule has 0 fully saturated rings. The van der Waals surface area contributed by atoms with Crippen molar-refractivity contribution < 1.29 is 9.53 Å². The lowest BCUT2D eigenvalue weighted by molar-refractivity contribution is 0.0951. The summed E-state index contributed by atoms with van der Waals surface area (Å²) in [7, 11) is 1.59. The van der Waals surface area contributed by atoms with Crippen LogP contribution in [0.15, 0.2) is 73.6 Å². The standard InChI is InChI=1S/C21H19N7O2/c1-30-18-9-3-2-8-17(18)27-19-16(7-5-10-23-19)21(29)25-12-15-6-4-11-24-20(15)28-14-22-13-26-28/h2-11,13-14H,12H2,1H3,(H,23,27)(H,25,29). The summed E-state index contributed by atoms with van der Waals surface area (Å²) in [5.41, 5.74) is 1.93. The van der Waals surface area contributed by atoms with Gasteiger partial charge < -0.3 is 15.4 Å². The van der Waals surface area contributed by atoms with Gasteiger partial charge in [-0.15, -0.1) is 0 Å². The zero-order valence-corrected chi connectivity index (χ0v) is 16.2. The van der Waals surface area contributed by atoms with Crippen LogP contribution in [0.3, 0.4) is 0 Å². The number of hydrogen-bond donors (Lipinski definition) is 2. The largest absolute Gasteiger partial charge is 0.495 e. The number of rotatable bonds is 7. The van der Waals surface area contributed by atoms with Gasteiger partial charge in [0, 0.05) is 24.5 Å². The van der Waals surface area contributed by atoms with Crippen molar-refractivity contribution in [3.05, 3.63) is 84.7 Å². The summed E-state index contributed by atoms with van der Waals surface area (Å²) in [6, 6.07) is 14.5. The molecule has 3 heterocycles. The second kappa shape index (κ2) is 8.82. The van der Waals surface area contributed by atoms with Crippen molar-refractivity contribution in [1.82, 2.24) is 30.0 Å². The summed E-state index contributed by atoms with van der Waals surface area (Å²) < 4.78 is 6.92. The first-order chi connectivity index (χ1) is 14.8. The Morgan fingerprint density at radius 2 is 1.90 bits per heavy atom. The van der Waals surface area contributed by atoms with Crippen LogP contribution in [0.5, 0.6) is 5.75 Å². The minimum Gasteiger partial charge on any atom is -0.495 e. The quantitative estimate of drug-likeness (QED) is 0.490. The van der Waals surface area contributed by atoms with Crippen molar-refractivity contribution in [2.45, 2.75) is 6.54 Å². The van der Waals surface area contributed by atoms with Crippen LogP contribution in [0.25, 0.3) is 5.82 Å². The number of amides is 1. The van der Waals surface area contributed by atoms with Crippen molar-refractivity contribution in [1.29, 1.82) is 0 Å². The molecule has 0 radical (unpaired) electrons. The average Bonchev–Trinajstić information content (AvgIpc) is 3.33. The van der Waals surface area contributed by atoms with Crippen LogP contribution in [0.2, 0.25) is 0 Å². The van der Waals surface area contributed by atoms with E-state index in [4.69, 9.17) is 4.74 Å². The van der Waals surface area contributed by atoms with Gasteiger partial charge in [-0.05, 0) is 30.3 Å². The predicted molar refractivity (Wildman–Crippen MR) is 111 cm³/mol. The van der Waals surface area contributed by atoms with E-state index in [1.807, 2.05) is 30.3 Å². The Hall–Kier alpha value is -4.27. The first-order valence-corrected chi connectivity index (χ1v) is 9.18. The van der Waals surface area contributed by atoms with Crippen LogP contribution in [-0.2, 0) is 6.54 Å². The molecule has 0 saturated heterocycles. The molecule has 4 rings (SSSR count). The van der Waals surface area contributed by atoms with E-state index in [2.05, 4.69) is 30.7 Å². The molecule has 0 aliphatic rings. The summed E-state index contributed by atoms with van der Waals surface area (Å²) in [6.45, 7) is 0.269. The highest BCUT2D eigenvalue weighted by molar-refractivity contribution is 5.99. The first-order valence-electron chi connectivity index (χ1n) is 9.18. The topological polar surface area (TPSA) is 107 Å². The molecule has 0 atom stereocenters. The molecule has 30 heavy (non-hydrogen) atoms. The van der Waals surface area contributed by atoms with Crippen LogP contribution in [0.1, 0.15) is 15.9 Å². The lowest BCUT2D eigenvalue weighted by atomic mass is 10.2. The van der Waals surface area contributed by atoms with Crippen molar-refractivity contribution in [2.24, 2.45) is 0 Å². The molecule has 0 spiro atoms. The van der Waals surface area contributed by atoms with Gasteiger partial charge in [-0.1, -0.05) is 18.2 Å². The normalized spacial score (nSPS) is 10.4. The van der Waals surface area contributed by atoms with Gasteiger partial charge in [0.05, 0.1) is 18.4 Å². The molecule has 9 heteroatoms. The number of ether oxygens (including phenoxy) is 1. The van der Waals surface area contributed by atoms with Crippen molar-refractivity contribution in [3.63, 3.8) is 0 Å². The van der Waals surface area contributed by atoms with E-state index in [0.717, 1.165) is 5.56 Å². The fourth-order valence-electron chi connectivity index (χ4n) is 2.93. The molecule has 1 amide bonds. The Bertz CT molecular complexity index is 1150. The smallest absolute Gasteiger partial charge is 0.255 e. The zero-order valence-electron chi connectivity index (χ0n) is 16.2. The molecule has 0 unspecified atom stereocenters. The van der Waals surface area contributed by atoms with E-state index in [9.17, 15) is 4.79 Å². The maximum atomic E-state index is 12.9. The van der Waals surface area contributed by atoms with Crippen molar-refractivity contribution >= 4 is 17.4 Å². The third-order valence-electron chi connectivity index (χ3n) is 4.36. The molecule has 0 bridgehead atoms. The Balaban J connectivity index is 1.53. The van der Waals surface area contributed by atoms with E-state index >= 15 is 0 Å². The minimum absolute atomic E-state index is 0.269. The molecule has 0 aliphatic carbocycles. The lowest BCUT2D eigenvalue weighted by Crippen LogP contribution is -2.25. The van der Waals surface area contributed by atoms with E-state index in [1.165, 1.54) is 6.33 Å². The maximum absolute atomic E-state index is 12.9. The van der Waals surface area contributed by atoms with Gasteiger partial charge in [0.15, 0.2) is 5.82 Å². The highest BCUT2D eigenvalue weighted by atomic mass is 16.5. The van der Waals surface area contributed by atoms with Gasteiger partial charge in [0.2, 0.25) is 0 Å². The van der Waals surface area contributed by atoms with E-state index in [-0.39, 0.29) is 12.5 Å². The number of carbonyl (C=O) groups is 1. The highest BCUT2D eigenvalue weighted by Crippen LogP contribution is 2.27. The fourth-order valence-corrected chi connectivity index (χ4v) is 2.93. The summed E-state index contributed by atoms with van der Waals surface area (Å²) in [5.74, 6) is 1.42. The monoisotopic (exact) mass is 401 g/mol. The predicted octanol–water partition coefficient (Wildman–Crippen LogP) is 2.74. The van der Waals surface area contributed by atoms with Crippen LogP contribution < -0.4 is 15.4 Å². The minimum atomic E-state index is -0.270. The summed E-state index contributed by atoms with van der Waals surface area (Å²) >= 11 is 0. The first kappa shape index (κ1) is 19.1. The van der Waals surface area contributed by atoms with Gasteiger partial charge in [-0.2, -0.15) is 5.10 Å². The molecule has 150 valence electrons. The molecule has 4 aromatic rings. The van der Waals surface area contributed by atoms with E-state index < -0.39 is 0 Å². The summed E-state index contributed by atoms with van der Waals surface area (Å²) in [6.07, 6.45) is 6.28. The Morgan fingerprint density at radius 1 is 1.07 bits per heavy atom. The summed E-state index contributed by atoms with van der Waals surface area (Å²) in [5, 5.41) is 10.2. The molecule has 0 saturated carbocycles. The van der Waals surface area contributed by atoms with Gasteiger partial charge in [0.1, 0.15) is 24.2 Å². The fraction of sp³-hybridized carbons (Fsp3) is 0.0952. The molecule has 3 aromatic heterocycles. The molecule has 2 N–H and O–H groups in total. The SMILES string of the molecule is COc1ccccc1Nc1ncccc1C(=O)NCc1cccnc1-n1cncn1. The number of carbonyl (C=O) groups excluding carboxylic acids is 1. The van der Waals surface area contributed by atoms with Gasteiger partial charge in [-0.25, -0.2) is 19.6 Å². The van der Waals surface area contributed by atoms with Crippen molar-refractivity contribution in [2.75, 3.05) is 12.4 Å². The van der Waals surface area contributed by atoms with Crippen molar-refractivity contribution in [3.8, 4) is 11.6 Å². The molecule has 1 aromatic carbocycles.